The van der Waals surface area contributed by atoms with Gasteiger partial charge in [0.05, 0.1) is 11.8 Å². The molecule has 0 aromatic carbocycles. The van der Waals surface area contributed by atoms with E-state index in [-0.39, 0.29) is 5.91 Å². The number of nitrogens with one attached hydrogen (secondary N) is 1. The fourth-order valence-corrected chi connectivity index (χ4v) is 4.34. The van der Waals surface area contributed by atoms with Crippen LogP contribution in [0.1, 0.15) is 67.5 Å². The van der Waals surface area contributed by atoms with E-state index in [0.717, 1.165) is 35.4 Å². The number of amides is 1. The Morgan fingerprint density at radius 3 is 2.68 bits per heavy atom. The molecule has 2 aromatic rings. The minimum atomic E-state index is 0.0967. The van der Waals surface area contributed by atoms with E-state index in [2.05, 4.69) is 17.3 Å². The maximum absolute atomic E-state index is 12.2. The number of hydrogen-bond acceptors (Lipinski definition) is 4. The van der Waals surface area contributed by atoms with Crippen LogP contribution in [0.5, 0.6) is 0 Å². The lowest BCUT2D eigenvalue weighted by Gasteiger charge is -2.21. The number of fused-ring (bicyclic) bond motifs is 1. The molecule has 2 aromatic heterocycles. The predicted molar refractivity (Wildman–Crippen MR) is 111 cm³/mol. The number of ether oxygens (including phenoxy) is 1. The maximum Gasteiger partial charge on any atom is 0.220 e. The zero-order chi connectivity index (χ0) is 20.1. The molecule has 0 saturated heterocycles. The molecule has 0 spiro atoms. The molecule has 0 aliphatic heterocycles. The van der Waals surface area contributed by atoms with E-state index in [1.807, 2.05) is 25.6 Å². The highest BCUT2D eigenvalue weighted by atomic mass is 16.5. The highest BCUT2D eigenvalue weighted by molar-refractivity contribution is 5.84. The number of aromatic nitrogens is 3. The van der Waals surface area contributed by atoms with Crippen molar-refractivity contribution in [1.29, 1.82) is 0 Å². The number of rotatable bonds is 8. The zero-order valence-electron chi connectivity index (χ0n) is 17.8. The molecule has 6 heteroatoms. The largest absolute Gasteiger partial charge is 0.378 e. The van der Waals surface area contributed by atoms with E-state index >= 15 is 0 Å². The minimum Gasteiger partial charge on any atom is -0.378 e. The lowest BCUT2D eigenvalue weighted by molar-refractivity contribution is -0.121. The standard InChI is InChI=1S/C22H34N4O2/c1-15-19(16(2)24-22-21(15)17(3)25-26(22)4)11-12-20(27)23-13-8-14-28-18-9-6-5-7-10-18/h18H,5-14H2,1-4H3,(H,23,27). The molecule has 0 unspecified atom stereocenters. The second-order valence-electron chi connectivity index (χ2n) is 8.04. The molecule has 1 aliphatic carbocycles. The summed E-state index contributed by atoms with van der Waals surface area (Å²) in [5, 5.41) is 8.62. The summed E-state index contributed by atoms with van der Waals surface area (Å²) in [4.78, 5) is 17.0. The van der Waals surface area contributed by atoms with Crippen LogP contribution in [0.15, 0.2) is 0 Å². The number of carbonyl (C=O) groups excluding carboxylic acids is 1. The van der Waals surface area contributed by atoms with Gasteiger partial charge in [-0.05, 0) is 57.6 Å². The first kappa shape index (κ1) is 20.8. The Balaban J connectivity index is 1.45. The number of hydrogen-bond donors (Lipinski definition) is 1. The Labute approximate surface area is 168 Å². The fraction of sp³-hybridized carbons (Fsp3) is 0.682. The van der Waals surface area contributed by atoms with Gasteiger partial charge < -0.3 is 10.1 Å². The van der Waals surface area contributed by atoms with Gasteiger partial charge in [0.2, 0.25) is 5.91 Å². The minimum absolute atomic E-state index is 0.0967. The number of pyridine rings is 1. The van der Waals surface area contributed by atoms with E-state index in [9.17, 15) is 4.79 Å². The molecule has 1 aliphatic rings. The van der Waals surface area contributed by atoms with Gasteiger partial charge in [-0.25, -0.2) is 4.98 Å². The second-order valence-corrected chi connectivity index (χ2v) is 8.04. The molecule has 0 atom stereocenters. The first-order valence-corrected chi connectivity index (χ1v) is 10.6. The van der Waals surface area contributed by atoms with Crippen molar-refractivity contribution in [1.82, 2.24) is 20.1 Å². The van der Waals surface area contributed by atoms with Crippen LogP contribution in [0.25, 0.3) is 11.0 Å². The van der Waals surface area contributed by atoms with Crippen LogP contribution in [0.4, 0.5) is 0 Å². The topological polar surface area (TPSA) is 69.0 Å². The molecule has 154 valence electrons. The normalized spacial score (nSPS) is 15.3. The van der Waals surface area contributed by atoms with Crippen molar-refractivity contribution in [3.8, 4) is 0 Å². The third kappa shape index (κ3) is 4.90. The van der Waals surface area contributed by atoms with Gasteiger partial charge in [-0.2, -0.15) is 5.10 Å². The molecule has 0 bridgehead atoms. The maximum atomic E-state index is 12.2. The Hall–Kier alpha value is -1.95. The highest BCUT2D eigenvalue weighted by Gasteiger charge is 2.16. The van der Waals surface area contributed by atoms with Crippen LogP contribution in [0, 0.1) is 20.8 Å². The van der Waals surface area contributed by atoms with Crippen LogP contribution >= 0.6 is 0 Å². The summed E-state index contributed by atoms with van der Waals surface area (Å²) in [6.07, 6.45) is 8.82. The monoisotopic (exact) mass is 386 g/mol. The van der Waals surface area contributed by atoms with Crippen molar-refractivity contribution in [2.24, 2.45) is 7.05 Å². The molecular weight excluding hydrogens is 352 g/mol. The number of carbonyl (C=O) groups is 1. The summed E-state index contributed by atoms with van der Waals surface area (Å²) >= 11 is 0. The Morgan fingerprint density at radius 1 is 1.18 bits per heavy atom. The summed E-state index contributed by atoms with van der Waals surface area (Å²) in [7, 11) is 1.92. The summed E-state index contributed by atoms with van der Waals surface area (Å²) in [6, 6.07) is 0. The molecule has 1 fully saturated rings. The van der Waals surface area contributed by atoms with Crippen molar-refractivity contribution in [3.63, 3.8) is 0 Å². The summed E-state index contributed by atoms with van der Waals surface area (Å²) in [5.41, 5.74) is 5.26. The van der Waals surface area contributed by atoms with Crippen LogP contribution in [-0.4, -0.2) is 39.9 Å². The summed E-state index contributed by atoms with van der Waals surface area (Å²) < 4.78 is 7.74. The number of nitrogens with zero attached hydrogens (tertiary/aromatic N) is 3. The van der Waals surface area contributed by atoms with Crippen molar-refractivity contribution < 1.29 is 9.53 Å². The fourth-order valence-electron chi connectivity index (χ4n) is 4.34. The average Bonchev–Trinajstić information content (AvgIpc) is 2.95. The van der Waals surface area contributed by atoms with Gasteiger partial charge >= 0.3 is 0 Å². The van der Waals surface area contributed by atoms with E-state index in [0.29, 0.717) is 25.5 Å². The first-order valence-electron chi connectivity index (χ1n) is 10.6. The summed E-state index contributed by atoms with van der Waals surface area (Å²) in [6.45, 7) is 7.57. The molecule has 3 rings (SSSR count). The quantitative estimate of drug-likeness (QED) is 0.703. The van der Waals surface area contributed by atoms with Crippen molar-refractivity contribution in [2.45, 2.75) is 78.2 Å². The Bertz CT molecular complexity index is 822. The van der Waals surface area contributed by atoms with Gasteiger partial charge in [0.15, 0.2) is 5.65 Å². The third-order valence-corrected chi connectivity index (χ3v) is 5.88. The molecule has 0 radical (unpaired) electrons. The van der Waals surface area contributed by atoms with Crippen LogP contribution < -0.4 is 5.32 Å². The smallest absolute Gasteiger partial charge is 0.220 e. The lowest BCUT2D eigenvalue weighted by atomic mass is 9.98. The first-order chi connectivity index (χ1) is 13.5. The third-order valence-electron chi connectivity index (χ3n) is 5.88. The highest BCUT2D eigenvalue weighted by Crippen LogP contribution is 2.26. The SMILES string of the molecule is Cc1nc2c(c(C)nn2C)c(C)c1CCC(=O)NCCCOC1CCCCC1. The van der Waals surface area contributed by atoms with Gasteiger partial charge in [0, 0.05) is 37.7 Å². The zero-order valence-corrected chi connectivity index (χ0v) is 17.8. The van der Waals surface area contributed by atoms with Crippen LogP contribution in [-0.2, 0) is 23.0 Å². The number of aryl methyl sites for hydroxylation is 4. The molecule has 6 nitrogen and oxygen atoms in total. The molecule has 1 amide bonds. The predicted octanol–water partition coefficient (Wildman–Crippen LogP) is 3.68. The Morgan fingerprint density at radius 2 is 1.93 bits per heavy atom. The van der Waals surface area contributed by atoms with E-state index in [1.165, 1.54) is 43.2 Å². The van der Waals surface area contributed by atoms with E-state index in [1.54, 1.807) is 0 Å². The average molecular weight is 387 g/mol. The van der Waals surface area contributed by atoms with Crippen molar-refractivity contribution in [3.05, 3.63) is 22.5 Å². The van der Waals surface area contributed by atoms with Gasteiger partial charge in [0.25, 0.3) is 0 Å². The van der Waals surface area contributed by atoms with Crippen LogP contribution in [0.3, 0.4) is 0 Å². The molecule has 2 heterocycles. The Kier molecular flexibility index (Phi) is 7.05. The van der Waals surface area contributed by atoms with Gasteiger partial charge in [0.1, 0.15) is 0 Å². The van der Waals surface area contributed by atoms with Gasteiger partial charge in [-0.3, -0.25) is 9.48 Å². The molecule has 28 heavy (non-hydrogen) atoms. The second kappa shape index (κ2) is 9.50. The molecular formula is C22H34N4O2. The summed E-state index contributed by atoms with van der Waals surface area (Å²) in [5.74, 6) is 0.0967. The van der Waals surface area contributed by atoms with Gasteiger partial charge in [-0.1, -0.05) is 19.3 Å². The van der Waals surface area contributed by atoms with Crippen molar-refractivity contribution in [2.75, 3.05) is 13.2 Å². The molecule has 1 N–H and O–H groups in total. The van der Waals surface area contributed by atoms with Crippen molar-refractivity contribution >= 4 is 16.9 Å². The van der Waals surface area contributed by atoms with E-state index < -0.39 is 0 Å². The van der Waals surface area contributed by atoms with Crippen LogP contribution in [0.2, 0.25) is 0 Å². The van der Waals surface area contributed by atoms with E-state index in [4.69, 9.17) is 9.72 Å². The van der Waals surface area contributed by atoms with Gasteiger partial charge in [-0.15, -0.1) is 0 Å². The molecule has 1 saturated carbocycles. The lowest BCUT2D eigenvalue weighted by Crippen LogP contribution is -2.26.